The lowest BCUT2D eigenvalue weighted by molar-refractivity contribution is 0.0993. The minimum atomic E-state index is -0.364. The number of amides is 2. The van der Waals surface area contributed by atoms with E-state index in [1.165, 1.54) is 6.26 Å². The van der Waals surface area contributed by atoms with Gasteiger partial charge in [-0.2, -0.15) is 5.10 Å². The fourth-order valence-corrected chi connectivity index (χ4v) is 2.68. The monoisotopic (exact) mass is 350 g/mol. The number of rotatable bonds is 5. The highest BCUT2D eigenvalue weighted by molar-refractivity contribution is 6.06. The second-order valence-corrected chi connectivity index (χ2v) is 6.40. The molecule has 0 unspecified atom stereocenters. The zero-order valence-electron chi connectivity index (χ0n) is 14.2. The first-order valence-electron chi connectivity index (χ1n) is 8.42. The molecule has 0 spiro atoms. The van der Waals surface area contributed by atoms with Gasteiger partial charge in [0, 0.05) is 28.9 Å². The summed E-state index contributed by atoms with van der Waals surface area (Å²) >= 11 is 0. The molecule has 0 atom stereocenters. The molecule has 7 heteroatoms. The lowest BCUT2D eigenvalue weighted by atomic mass is 10.1. The fraction of sp³-hybridized carbons (Fsp3) is 0.211. The minimum Gasteiger partial charge on any atom is -0.459 e. The van der Waals surface area contributed by atoms with Crippen molar-refractivity contribution in [3.63, 3.8) is 0 Å². The summed E-state index contributed by atoms with van der Waals surface area (Å²) in [5, 5.41) is 12.6. The van der Waals surface area contributed by atoms with E-state index in [1.807, 2.05) is 13.0 Å². The van der Waals surface area contributed by atoms with Gasteiger partial charge < -0.3 is 15.1 Å². The molecule has 7 nitrogen and oxygen atoms in total. The molecule has 1 saturated carbocycles. The number of furan rings is 1. The van der Waals surface area contributed by atoms with Gasteiger partial charge in [-0.3, -0.25) is 14.7 Å². The van der Waals surface area contributed by atoms with Crippen molar-refractivity contribution >= 4 is 23.3 Å². The molecular weight excluding hydrogens is 332 g/mol. The van der Waals surface area contributed by atoms with Gasteiger partial charge in [0.25, 0.3) is 11.8 Å². The average Bonchev–Trinajstić information content (AvgIpc) is 3.13. The van der Waals surface area contributed by atoms with Gasteiger partial charge >= 0.3 is 0 Å². The summed E-state index contributed by atoms with van der Waals surface area (Å²) < 4.78 is 5.09. The SMILES string of the molecule is Cc1ccc(C(=O)Nc2cc(C3CC3)[nH]n2)cc1NC(=O)c1ccco1. The maximum Gasteiger partial charge on any atom is 0.291 e. The predicted octanol–water partition coefficient (Wildman–Crippen LogP) is 3.69. The van der Waals surface area contributed by atoms with Crippen LogP contribution in [0.25, 0.3) is 0 Å². The van der Waals surface area contributed by atoms with Gasteiger partial charge in [-0.25, -0.2) is 0 Å². The number of H-pyrrole nitrogens is 1. The number of nitrogens with one attached hydrogen (secondary N) is 3. The Hall–Kier alpha value is -3.35. The zero-order chi connectivity index (χ0) is 18.1. The van der Waals surface area contributed by atoms with E-state index in [4.69, 9.17) is 4.42 Å². The first kappa shape index (κ1) is 16.1. The van der Waals surface area contributed by atoms with Crippen molar-refractivity contribution < 1.29 is 14.0 Å². The number of aromatic amines is 1. The van der Waals surface area contributed by atoms with Gasteiger partial charge in [-0.15, -0.1) is 0 Å². The topological polar surface area (TPSA) is 100 Å². The van der Waals surface area contributed by atoms with Gasteiger partial charge in [-0.05, 0) is 49.6 Å². The van der Waals surface area contributed by atoms with E-state index in [1.54, 1.807) is 30.3 Å². The number of anilines is 2. The summed E-state index contributed by atoms with van der Waals surface area (Å²) in [5.41, 5.74) is 2.88. The molecule has 1 aliphatic carbocycles. The third kappa shape index (κ3) is 3.37. The molecular formula is C19H18N4O3. The van der Waals surface area contributed by atoms with E-state index in [0.29, 0.717) is 23.0 Å². The van der Waals surface area contributed by atoms with Crippen LogP contribution in [0.4, 0.5) is 11.5 Å². The molecule has 132 valence electrons. The van der Waals surface area contributed by atoms with Crippen LogP contribution in [0.5, 0.6) is 0 Å². The van der Waals surface area contributed by atoms with Gasteiger partial charge in [-0.1, -0.05) is 6.07 Å². The van der Waals surface area contributed by atoms with Gasteiger partial charge in [0.1, 0.15) is 0 Å². The molecule has 1 aliphatic rings. The molecule has 4 rings (SSSR count). The molecule has 1 aromatic carbocycles. The van der Waals surface area contributed by atoms with Crippen molar-refractivity contribution in [1.82, 2.24) is 10.2 Å². The van der Waals surface area contributed by atoms with E-state index in [2.05, 4.69) is 20.8 Å². The Morgan fingerprint density at radius 3 is 2.73 bits per heavy atom. The highest BCUT2D eigenvalue weighted by atomic mass is 16.3. The highest BCUT2D eigenvalue weighted by Gasteiger charge is 2.25. The first-order valence-corrected chi connectivity index (χ1v) is 8.42. The van der Waals surface area contributed by atoms with E-state index >= 15 is 0 Å². The van der Waals surface area contributed by atoms with Gasteiger partial charge in [0.05, 0.1) is 6.26 Å². The number of nitrogens with zero attached hydrogens (tertiary/aromatic N) is 1. The van der Waals surface area contributed by atoms with Gasteiger partial charge in [0.15, 0.2) is 11.6 Å². The molecule has 2 amide bonds. The van der Waals surface area contributed by atoms with Crippen molar-refractivity contribution in [3.8, 4) is 0 Å². The Bertz CT molecular complexity index is 955. The molecule has 0 radical (unpaired) electrons. The summed E-state index contributed by atoms with van der Waals surface area (Å²) in [6.45, 7) is 1.86. The van der Waals surface area contributed by atoms with Crippen LogP contribution in [0, 0.1) is 6.92 Å². The lowest BCUT2D eigenvalue weighted by Crippen LogP contribution is -2.15. The second kappa shape index (κ2) is 6.51. The Balaban J connectivity index is 1.48. The predicted molar refractivity (Wildman–Crippen MR) is 96.4 cm³/mol. The number of benzene rings is 1. The number of carbonyl (C=O) groups excluding carboxylic acids is 2. The molecule has 2 aromatic heterocycles. The van der Waals surface area contributed by atoms with Crippen molar-refractivity contribution in [2.24, 2.45) is 0 Å². The van der Waals surface area contributed by atoms with Crippen molar-refractivity contribution in [1.29, 1.82) is 0 Å². The van der Waals surface area contributed by atoms with E-state index in [9.17, 15) is 9.59 Å². The smallest absolute Gasteiger partial charge is 0.291 e. The van der Waals surface area contributed by atoms with Gasteiger partial charge in [0.2, 0.25) is 0 Å². The van der Waals surface area contributed by atoms with Crippen LogP contribution >= 0.6 is 0 Å². The molecule has 0 saturated heterocycles. The fourth-order valence-electron chi connectivity index (χ4n) is 2.68. The number of aromatic nitrogens is 2. The minimum absolute atomic E-state index is 0.211. The third-order valence-electron chi connectivity index (χ3n) is 4.35. The Kier molecular flexibility index (Phi) is 4.04. The van der Waals surface area contributed by atoms with Crippen LogP contribution in [-0.4, -0.2) is 22.0 Å². The van der Waals surface area contributed by atoms with Crippen LogP contribution in [0.15, 0.2) is 47.1 Å². The average molecular weight is 350 g/mol. The highest BCUT2D eigenvalue weighted by Crippen LogP contribution is 2.39. The largest absolute Gasteiger partial charge is 0.459 e. The second-order valence-electron chi connectivity index (χ2n) is 6.40. The molecule has 3 aromatic rings. The number of carbonyl (C=O) groups is 2. The maximum atomic E-state index is 12.5. The van der Waals surface area contributed by atoms with Crippen molar-refractivity contribution in [2.75, 3.05) is 10.6 Å². The summed E-state index contributed by atoms with van der Waals surface area (Å²) in [7, 11) is 0. The van der Waals surface area contributed by atoms with Crippen LogP contribution < -0.4 is 10.6 Å². The van der Waals surface area contributed by atoms with Crippen molar-refractivity contribution in [3.05, 3.63) is 65.2 Å². The summed E-state index contributed by atoms with van der Waals surface area (Å²) in [4.78, 5) is 24.6. The van der Waals surface area contributed by atoms with Crippen LogP contribution in [0.2, 0.25) is 0 Å². The first-order chi connectivity index (χ1) is 12.6. The van der Waals surface area contributed by atoms with Crippen molar-refractivity contribution in [2.45, 2.75) is 25.7 Å². The Labute approximate surface area is 149 Å². The molecule has 2 heterocycles. The molecule has 0 bridgehead atoms. The number of hydrogen-bond donors (Lipinski definition) is 3. The van der Waals surface area contributed by atoms with Crippen LogP contribution in [0.1, 0.15) is 50.9 Å². The molecule has 26 heavy (non-hydrogen) atoms. The van der Waals surface area contributed by atoms with E-state index < -0.39 is 0 Å². The quantitative estimate of drug-likeness (QED) is 0.653. The zero-order valence-corrected chi connectivity index (χ0v) is 14.2. The van der Waals surface area contributed by atoms with Crippen LogP contribution in [0.3, 0.4) is 0 Å². The summed E-state index contributed by atoms with van der Waals surface area (Å²) in [6.07, 6.45) is 3.75. The summed E-state index contributed by atoms with van der Waals surface area (Å²) in [5.74, 6) is 0.599. The third-order valence-corrected chi connectivity index (χ3v) is 4.35. The Morgan fingerprint density at radius 1 is 1.15 bits per heavy atom. The van der Waals surface area contributed by atoms with E-state index in [-0.39, 0.29) is 17.6 Å². The van der Waals surface area contributed by atoms with E-state index in [0.717, 1.165) is 24.1 Å². The number of hydrogen-bond acceptors (Lipinski definition) is 4. The normalized spacial score (nSPS) is 13.4. The Morgan fingerprint density at radius 2 is 2.00 bits per heavy atom. The summed E-state index contributed by atoms with van der Waals surface area (Å²) in [6, 6.07) is 10.2. The molecule has 1 fully saturated rings. The standard InChI is InChI=1S/C19H18N4O3/c1-11-4-5-13(9-14(11)20-19(25)16-3-2-8-26-16)18(24)21-17-10-15(22-23-17)12-6-7-12/h2-5,8-10,12H,6-7H2,1H3,(H,20,25)(H2,21,22,23,24). The lowest BCUT2D eigenvalue weighted by Gasteiger charge is -2.09. The van der Waals surface area contributed by atoms with Crippen LogP contribution in [-0.2, 0) is 0 Å². The number of aryl methyl sites for hydroxylation is 1. The molecule has 0 aliphatic heterocycles. The molecule has 3 N–H and O–H groups in total. The maximum absolute atomic E-state index is 12.5.